The zero-order valence-electron chi connectivity index (χ0n) is 12.3. The Balaban J connectivity index is 1.78. The second-order valence-corrected chi connectivity index (χ2v) is 5.47. The van der Waals surface area contributed by atoms with Crippen molar-refractivity contribution in [2.24, 2.45) is 0 Å². The van der Waals surface area contributed by atoms with E-state index in [1.165, 1.54) is 11.1 Å². The van der Waals surface area contributed by atoms with Gasteiger partial charge in [-0.2, -0.15) is 0 Å². The molecule has 0 radical (unpaired) electrons. The Labute approximate surface area is 135 Å². The van der Waals surface area contributed by atoms with Gasteiger partial charge in [-0.05, 0) is 42.5 Å². The van der Waals surface area contributed by atoms with Crippen molar-refractivity contribution in [3.05, 3.63) is 59.7 Å². The van der Waals surface area contributed by atoms with Gasteiger partial charge in [-0.1, -0.05) is 52.3 Å². The monoisotopic (exact) mass is 348 g/mol. The van der Waals surface area contributed by atoms with E-state index in [0.29, 0.717) is 0 Å². The average molecular weight is 349 g/mol. The van der Waals surface area contributed by atoms with Crippen molar-refractivity contribution in [1.29, 1.82) is 0 Å². The van der Waals surface area contributed by atoms with Crippen LogP contribution in [0.3, 0.4) is 0 Å². The summed E-state index contributed by atoms with van der Waals surface area (Å²) in [7, 11) is 1.67. The van der Waals surface area contributed by atoms with Crippen LogP contribution >= 0.6 is 15.9 Å². The van der Waals surface area contributed by atoms with Crippen molar-refractivity contribution in [2.75, 3.05) is 13.7 Å². The van der Waals surface area contributed by atoms with Crippen molar-refractivity contribution < 1.29 is 9.47 Å². The van der Waals surface area contributed by atoms with E-state index in [0.717, 1.165) is 42.7 Å². The van der Waals surface area contributed by atoms with Crippen molar-refractivity contribution in [1.82, 2.24) is 0 Å². The van der Waals surface area contributed by atoms with Gasteiger partial charge in [-0.25, -0.2) is 0 Å². The van der Waals surface area contributed by atoms with Gasteiger partial charge in [0.05, 0.1) is 13.7 Å². The van der Waals surface area contributed by atoms with Crippen LogP contribution in [0, 0.1) is 0 Å². The predicted molar refractivity (Wildman–Crippen MR) is 90.5 cm³/mol. The molecule has 0 amide bonds. The van der Waals surface area contributed by atoms with E-state index >= 15 is 0 Å². The molecule has 2 rings (SSSR count). The van der Waals surface area contributed by atoms with Gasteiger partial charge in [0.1, 0.15) is 0 Å². The summed E-state index contributed by atoms with van der Waals surface area (Å²) in [6.45, 7) is 0.717. The maximum Gasteiger partial charge on any atom is 0.161 e. The smallest absolute Gasteiger partial charge is 0.161 e. The summed E-state index contributed by atoms with van der Waals surface area (Å²) in [6, 6.07) is 16.6. The number of benzene rings is 2. The minimum atomic E-state index is 0.717. The fourth-order valence-electron chi connectivity index (χ4n) is 2.18. The molecule has 0 aliphatic carbocycles. The Morgan fingerprint density at radius 3 is 2.43 bits per heavy atom. The summed E-state index contributed by atoms with van der Waals surface area (Å²) in [5, 5.41) is 0.821. The Bertz CT molecular complexity index is 540. The Hall–Kier alpha value is -1.48. The molecule has 0 spiro atoms. The summed E-state index contributed by atoms with van der Waals surface area (Å²) in [5.41, 5.74) is 2.58. The van der Waals surface area contributed by atoms with Gasteiger partial charge in [-0.15, -0.1) is 0 Å². The largest absolute Gasteiger partial charge is 0.493 e. The number of hydrogen-bond acceptors (Lipinski definition) is 2. The summed E-state index contributed by atoms with van der Waals surface area (Å²) in [4.78, 5) is 0. The van der Waals surface area contributed by atoms with E-state index in [1.54, 1.807) is 7.11 Å². The summed E-state index contributed by atoms with van der Waals surface area (Å²) in [5.74, 6) is 1.62. The first-order valence-electron chi connectivity index (χ1n) is 7.23. The van der Waals surface area contributed by atoms with Gasteiger partial charge >= 0.3 is 0 Å². The number of alkyl halides is 1. The summed E-state index contributed by atoms with van der Waals surface area (Å²) >= 11 is 3.46. The van der Waals surface area contributed by atoms with Crippen LogP contribution in [-0.4, -0.2) is 13.7 Å². The Morgan fingerprint density at radius 2 is 1.71 bits per heavy atom. The van der Waals surface area contributed by atoms with Gasteiger partial charge in [0.2, 0.25) is 0 Å². The van der Waals surface area contributed by atoms with E-state index in [1.807, 2.05) is 18.2 Å². The van der Waals surface area contributed by atoms with Crippen LogP contribution in [0.1, 0.15) is 24.0 Å². The van der Waals surface area contributed by atoms with Crippen molar-refractivity contribution in [2.45, 2.75) is 24.6 Å². The molecule has 2 nitrogen and oxygen atoms in total. The third-order valence-corrected chi connectivity index (χ3v) is 3.99. The zero-order valence-corrected chi connectivity index (χ0v) is 13.9. The minimum absolute atomic E-state index is 0.717. The molecule has 0 saturated heterocycles. The maximum absolute atomic E-state index is 5.86. The lowest BCUT2D eigenvalue weighted by Gasteiger charge is -2.11. The number of unbranched alkanes of at least 4 members (excludes halogenated alkanes) is 1. The molecular formula is C18H21BrO2. The van der Waals surface area contributed by atoms with Gasteiger partial charge in [-0.3, -0.25) is 0 Å². The topological polar surface area (TPSA) is 18.5 Å². The number of methoxy groups -OCH3 is 1. The average Bonchev–Trinajstić information content (AvgIpc) is 2.55. The zero-order chi connectivity index (χ0) is 14.9. The van der Waals surface area contributed by atoms with Crippen molar-refractivity contribution in [3.63, 3.8) is 0 Å². The quantitative estimate of drug-likeness (QED) is 0.494. The molecule has 0 aliphatic rings. The number of rotatable bonds is 8. The van der Waals surface area contributed by atoms with Gasteiger partial charge in [0.25, 0.3) is 0 Å². The van der Waals surface area contributed by atoms with Crippen LogP contribution in [0.4, 0.5) is 0 Å². The highest BCUT2D eigenvalue weighted by Crippen LogP contribution is 2.29. The van der Waals surface area contributed by atoms with E-state index in [9.17, 15) is 0 Å². The molecular weight excluding hydrogens is 328 g/mol. The molecule has 2 aromatic rings. The molecule has 112 valence electrons. The number of halogens is 1. The molecule has 0 saturated carbocycles. The molecule has 0 aromatic heterocycles. The second kappa shape index (κ2) is 8.73. The molecule has 0 N–H and O–H groups in total. The molecule has 3 heteroatoms. The van der Waals surface area contributed by atoms with Crippen molar-refractivity contribution in [3.8, 4) is 11.5 Å². The minimum Gasteiger partial charge on any atom is -0.493 e. The normalized spacial score (nSPS) is 10.4. The van der Waals surface area contributed by atoms with Crippen LogP contribution in [0.15, 0.2) is 48.5 Å². The maximum atomic E-state index is 5.86. The molecule has 0 atom stereocenters. The number of ether oxygens (including phenoxy) is 2. The molecule has 0 fully saturated rings. The highest BCUT2D eigenvalue weighted by atomic mass is 79.9. The molecule has 0 bridgehead atoms. The van der Waals surface area contributed by atoms with E-state index in [2.05, 4.69) is 46.3 Å². The highest BCUT2D eigenvalue weighted by Gasteiger charge is 2.05. The van der Waals surface area contributed by atoms with Crippen LogP contribution < -0.4 is 9.47 Å². The number of hydrogen-bond donors (Lipinski definition) is 0. The molecule has 2 aromatic carbocycles. The fourth-order valence-corrected chi connectivity index (χ4v) is 2.52. The van der Waals surface area contributed by atoms with Crippen LogP contribution in [0.2, 0.25) is 0 Å². The summed E-state index contributed by atoms with van der Waals surface area (Å²) < 4.78 is 11.2. The van der Waals surface area contributed by atoms with Crippen LogP contribution in [-0.2, 0) is 11.8 Å². The van der Waals surface area contributed by atoms with E-state index in [4.69, 9.17) is 9.47 Å². The lowest BCUT2D eigenvalue weighted by molar-refractivity contribution is 0.286. The lowest BCUT2D eigenvalue weighted by Crippen LogP contribution is -2.00. The first kappa shape index (κ1) is 15.9. The summed E-state index contributed by atoms with van der Waals surface area (Å²) in [6.07, 6.45) is 3.27. The van der Waals surface area contributed by atoms with Gasteiger partial charge < -0.3 is 9.47 Å². The van der Waals surface area contributed by atoms with Gasteiger partial charge in [0, 0.05) is 5.33 Å². The predicted octanol–water partition coefficient (Wildman–Crippen LogP) is 4.99. The van der Waals surface area contributed by atoms with Crippen LogP contribution in [0.5, 0.6) is 11.5 Å². The van der Waals surface area contributed by atoms with Crippen LogP contribution in [0.25, 0.3) is 0 Å². The SMILES string of the molecule is COc1ccc(CBr)cc1OCCCCc1ccccc1. The molecule has 21 heavy (non-hydrogen) atoms. The molecule has 0 heterocycles. The molecule has 0 aliphatic heterocycles. The van der Waals surface area contributed by atoms with E-state index < -0.39 is 0 Å². The van der Waals surface area contributed by atoms with Gasteiger partial charge in [0.15, 0.2) is 11.5 Å². The molecule has 0 unspecified atom stereocenters. The third-order valence-electron chi connectivity index (χ3n) is 3.34. The lowest BCUT2D eigenvalue weighted by atomic mass is 10.1. The standard InChI is InChI=1S/C18H21BrO2/c1-20-17-11-10-16(14-19)13-18(17)21-12-6-5-9-15-7-3-2-4-8-15/h2-4,7-8,10-11,13H,5-6,9,12,14H2,1H3. The highest BCUT2D eigenvalue weighted by molar-refractivity contribution is 9.08. The fraction of sp³-hybridized carbons (Fsp3) is 0.333. The van der Waals surface area contributed by atoms with E-state index in [-0.39, 0.29) is 0 Å². The Kier molecular flexibility index (Phi) is 6.61. The second-order valence-electron chi connectivity index (χ2n) is 4.91. The van der Waals surface area contributed by atoms with Crippen molar-refractivity contribution >= 4 is 15.9 Å². The number of aryl methyl sites for hydroxylation is 1. The first-order chi connectivity index (χ1) is 10.3. The first-order valence-corrected chi connectivity index (χ1v) is 8.35. The Morgan fingerprint density at radius 1 is 0.905 bits per heavy atom. The third kappa shape index (κ3) is 5.09.